The number of hydrogen-bond acceptors (Lipinski definition) is 3. The summed E-state index contributed by atoms with van der Waals surface area (Å²) in [5, 5.41) is 0.811. The van der Waals surface area contributed by atoms with Crippen LogP contribution in [-0.2, 0) is 9.53 Å². The van der Waals surface area contributed by atoms with Crippen molar-refractivity contribution < 1.29 is 71.0 Å². The quantitative estimate of drug-likeness (QED) is 0.388. The van der Waals surface area contributed by atoms with Gasteiger partial charge in [-0.1, -0.05) is 24.8 Å². The number of amides is 1. The van der Waals surface area contributed by atoms with Crippen LogP contribution in [0.1, 0.15) is 5.56 Å². The molecule has 1 aromatic carbocycles. The predicted octanol–water partition coefficient (Wildman–Crippen LogP) is 5.83. The average molecular weight is 526 g/mol. The van der Waals surface area contributed by atoms with E-state index in [4.69, 9.17) is 0 Å². The second-order valence-corrected chi connectivity index (χ2v) is 6.53. The lowest BCUT2D eigenvalue weighted by Crippen LogP contribution is -2.82. The van der Waals surface area contributed by atoms with Crippen molar-refractivity contribution in [3.63, 3.8) is 0 Å². The smallest absolute Gasteiger partial charge is 0.323 e. The fraction of sp³-hybridized carbons (Fsp3) is 0.438. The number of rotatable bonds is 5. The molecule has 18 heteroatoms. The van der Waals surface area contributed by atoms with E-state index in [1.54, 1.807) is 0 Å². The van der Waals surface area contributed by atoms with Gasteiger partial charge in [0.15, 0.2) is 0 Å². The molecule has 1 aromatic rings. The maximum Gasteiger partial charge on any atom is 0.439 e. The number of morpholine rings is 1. The Labute approximate surface area is 178 Å². The molecule has 0 aliphatic carbocycles. The lowest BCUT2D eigenvalue weighted by molar-refractivity contribution is -0.592. The van der Waals surface area contributed by atoms with Crippen molar-refractivity contribution >= 4 is 17.7 Å². The Balaban J connectivity index is 2.72. The summed E-state index contributed by atoms with van der Waals surface area (Å²) in [5.74, 6) is -3.68. The van der Waals surface area contributed by atoms with Crippen molar-refractivity contribution in [2.24, 2.45) is 0 Å². The van der Waals surface area contributed by atoms with E-state index >= 15 is 0 Å². The zero-order chi connectivity index (χ0) is 26.8. The summed E-state index contributed by atoms with van der Waals surface area (Å²) < 4.78 is 193. The monoisotopic (exact) mass is 526 g/mol. The van der Waals surface area contributed by atoms with Crippen LogP contribution in [0.15, 0.2) is 30.8 Å². The van der Waals surface area contributed by atoms with Gasteiger partial charge in [-0.05, 0) is 17.7 Å². The average Bonchev–Trinajstić information content (AvgIpc) is 2.64. The molecule has 1 aliphatic rings. The van der Waals surface area contributed by atoms with Crippen LogP contribution in [0.4, 0.5) is 67.2 Å². The van der Waals surface area contributed by atoms with Gasteiger partial charge in [-0.2, -0.15) is 57.1 Å². The van der Waals surface area contributed by atoms with E-state index in [1.165, 1.54) is 0 Å². The highest BCUT2D eigenvalue weighted by atomic mass is 19.4. The minimum Gasteiger partial charge on any atom is -0.323 e. The number of carbonyl (C=O) groups excluding carboxylic acids is 1. The second kappa shape index (κ2) is 7.69. The first-order valence-corrected chi connectivity index (χ1v) is 8.20. The van der Waals surface area contributed by atoms with Gasteiger partial charge in [0.25, 0.3) is 5.91 Å². The standard InChI is InChI=1S/C16H8F14N2O2/c1-2-7-3-5-8(6-4-7)31-9(33)10(17,11(18,19)20)12(21,22)32-13(23,24)15(27,28)34-16(29,30)14(32,25)26/h2-6H,1H2,(H,31,33)/t10-/m1/s1. The third-order valence-electron chi connectivity index (χ3n) is 4.32. The topological polar surface area (TPSA) is 41.6 Å². The van der Waals surface area contributed by atoms with Crippen molar-refractivity contribution in [3.05, 3.63) is 36.4 Å². The number of nitrogens with zero attached hydrogens (tertiary/aromatic N) is 1. The first-order valence-electron chi connectivity index (χ1n) is 8.20. The number of anilines is 1. The molecule has 1 amide bonds. The highest BCUT2D eigenvalue weighted by molar-refractivity contribution is 5.99. The molecule has 1 fully saturated rings. The molecule has 0 unspecified atom stereocenters. The minimum absolute atomic E-state index is 0.197. The van der Waals surface area contributed by atoms with Crippen LogP contribution in [0.25, 0.3) is 6.08 Å². The lowest BCUT2D eigenvalue weighted by atomic mass is 9.98. The van der Waals surface area contributed by atoms with Gasteiger partial charge in [0.1, 0.15) is 0 Å². The van der Waals surface area contributed by atoms with Crippen LogP contribution in [0.2, 0.25) is 0 Å². The summed E-state index contributed by atoms with van der Waals surface area (Å²) in [6.07, 6.45) is -20.3. The molecular weight excluding hydrogens is 518 g/mol. The van der Waals surface area contributed by atoms with Gasteiger partial charge in [-0.25, -0.2) is 9.13 Å². The summed E-state index contributed by atoms with van der Waals surface area (Å²) in [7, 11) is 0. The Morgan fingerprint density at radius 2 is 1.26 bits per heavy atom. The van der Waals surface area contributed by atoms with Crippen molar-refractivity contribution in [3.8, 4) is 0 Å². The molecule has 1 aliphatic heterocycles. The number of carbonyl (C=O) groups is 1. The second-order valence-electron chi connectivity index (χ2n) is 6.53. The predicted molar refractivity (Wildman–Crippen MR) is 82.7 cm³/mol. The summed E-state index contributed by atoms with van der Waals surface area (Å²) >= 11 is 0. The molecule has 4 nitrogen and oxygen atoms in total. The molecule has 1 heterocycles. The Kier molecular flexibility index (Phi) is 6.24. The van der Waals surface area contributed by atoms with Crippen LogP contribution >= 0.6 is 0 Å². The highest BCUT2D eigenvalue weighted by Crippen LogP contribution is 2.62. The van der Waals surface area contributed by atoms with Gasteiger partial charge in [-0.3, -0.25) is 4.79 Å². The molecule has 2 rings (SSSR count). The maximum atomic E-state index is 14.7. The van der Waals surface area contributed by atoms with Crippen LogP contribution < -0.4 is 5.32 Å². The van der Waals surface area contributed by atoms with Crippen LogP contribution in [0.3, 0.4) is 0 Å². The Morgan fingerprint density at radius 3 is 1.62 bits per heavy atom. The molecule has 1 saturated heterocycles. The summed E-state index contributed by atoms with van der Waals surface area (Å²) in [5.41, 5.74) is -7.97. The number of benzene rings is 1. The van der Waals surface area contributed by atoms with Gasteiger partial charge in [-0.15, -0.1) is 4.90 Å². The van der Waals surface area contributed by atoms with Crippen molar-refractivity contribution in [2.75, 3.05) is 5.32 Å². The summed E-state index contributed by atoms with van der Waals surface area (Å²) in [4.78, 5) is 7.82. The molecule has 0 bridgehead atoms. The van der Waals surface area contributed by atoms with E-state index in [1.807, 2.05) is 4.74 Å². The zero-order valence-electron chi connectivity index (χ0n) is 15.6. The normalized spacial score (nSPS) is 23.6. The molecule has 1 atom stereocenters. The lowest BCUT2D eigenvalue weighted by Gasteiger charge is -2.51. The van der Waals surface area contributed by atoms with E-state index in [-0.39, 0.29) is 5.56 Å². The Bertz CT molecular complexity index is 933. The van der Waals surface area contributed by atoms with Crippen LogP contribution in [-0.4, -0.2) is 53.0 Å². The molecule has 0 saturated carbocycles. The van der Waals surface area contributed by atoms with E-state index in [9.17, 15) is 66.3 Å². The highest BCUT2D eigenvalue weighted by Gasteiger charge is 2.92. The van der Waals surface area contributed by atoms with Crippen LogP contribution in [0, 0.1) is 0 Å². The van der Waals surface area contributed by atoms with Gasteiger partial charge >= 0.3 is 42.2 Å². The molecule has 0 spiro atoms. The molecular formula is C16H8F14N2O2. The van der Waals surface area contributed by atoms with Gasteiger partial charge < -0.3 is 5.32 Å². The van der Waals surface area contributed by atoms with E-state index in [0.29, 0.717) is 12.1 Å². The fourth-order valence-electron chi connectivity index (χ4n) is 2.58. The molecule has 192 valence electrons. The zero-order valence-corrected chi connectivity index (χ0v) is 15.6. The Morgan fingerprint density at radius 1 is 0.853 bits per heavy atom. The van der Waals surface area contributed by atoms with E-state index in [2.05, 4.69) is 6.58 Å². The fourth-order valence-corrected chi connectivity index (χ4v) is 2.58. The third-order valence-corrected chi connectivity index (χ3v) is 4.32. The molecule has 1 N–H and O–H groups in total. The van der Waals surface area contributed by atoms with Gasteiger partial charge in [0, 0.05) is 5.69 Å². The first-order chi connectivity index (χ1) is 15.0. The number of ether oxygens (including phenoxy) is 1. The van der Waals surface area contributed by atoms with Crippen LogP contribution in [0.5, 0.6) is 0 Å². The molecule has 0 aromatic heterocycles. The number of halogens is 14. The third kappa shape index (κ3) is 3.75. The molecule has 34 heavy (non-hydrogen) atoms. The van der Waals surface area contributed by atoms with Crippen molar-refractivity contribution in [1.82, 2.24) is 4.90 Å². The Hall–Kier alpha value is -2.63. The van der Waals surface area contributed by atoms with Crippen molar-refractivity contribution in [1.29, 1.82) is 0 Å². The number of hydrogen-bond donors (Lipinski definition) is 1. The first kappa shape index (κ1) is 27.6. The van der Waals surface area contributed by atoms with Crippen molar-refractivity contribution in [2.45, 2.75) is 42.2 Å². The summed E-state index contributed by atoms with van der Waals surface area (Å²) in [6, 6.07) is -19.5. The maximum absolute atomic E-state index is 14.7. The summed E-state index contributed by atoms with van der Waals surface area (Å²) in [6.45, 7) is 3.25. The van der Waals surface area contributed by atoms with E-state index in [0.717, 1.165) is 23.5 Å². The van der Waals surface area contributed by atoms with E-state index < -0.39 is 58.7 Å². The minimum atomic E-state index is -7.79. The number of alkyl halides is 14. The SMILES string of the molecule is C=Cc1ccc(NC(=O)[C@@](F)(C(F)(F)F)C(F)(F)N2C(F)(F)C(F)(F)OC(F)(F)C2(F)F)cc1. The largest absolute Gasteiger partial charge is 0.439 e. The number of nitrogens with one attached hydrogen (secondary N) is 1. The molecule has 0 radical (unpaired) electrons. The van der Waals surface area contributed by atoms with Gasteiger partial charge in [0.2, 0.25) is 0 Å². The van der Waals surface area contributed by atoms with Gasteiger partial charge in [0.05, 0.1) is 0 Å².